The number of nitrogens with two attached hydrogens (primary N) is 1. The van der Waals surface area contributed by atoms with Crippen molar-refractivity contribution in [1.82, 2.24) is 0 Å². The van der Waals surface area contributed by atoms with E-state index in [-0.39, 0.29) is 11.9 Å². The predicted molar refractivity (Wildman–Crippen MR) is 48.2 cm³/mol. The highest BCUT2D eigenvalue weighted by Crippen LogP contribution is 2.16. The third kappa shape index (κ3) is 2.97. The summed E-state index contributed by atoms with van der Waals surface area (Å²) >= 11 is 0. The summed E-state index contributed by atoms with van der Waals surface area (Å²) in [6, 6.07) is -0.514. The van der Waals surface area contributed by atoms with Gasteiger partial charge in [-0.25, -0.2) is 0 Å². The van der Waals surface area contributed by atoms with Gasteiger partial charge in [-0.3, -0.25) is 4.79 Å². The van der Waals surface area contributed by atoms with Gasteiger partial charge in [-0.1, -0.05) is 0 Å². The van der Waals surface area contributed by atoms with Crippen molar-refractivity contribution in [3.05, 3.63) is 0 Å². The van der Waals surface area contributed by atoms with Crippen LogP contribution >= 0.6 is 0 Å². The Bertz CT molecular complexity index is 166. The lowest BCUT2D eigenvalue weighted by molar-refractivity contribution is -0.147. The van der Waals surface area contributed by atoms with Crippen LogP contribution in [0.2, 0.25) is 0 Å². The summed E-state index contributed by atoms with van der Waals surface area (Å²) in [5, 5.41) is 0. The molecule has 13 heavy (non-hydrogen) atoms. The minimum absolute atomic E-state index is 0.132. The fraction of sp³-hybridized carbons (Fsp3) is 0.889. The second-order valence-electron chi connectivity index (χ2n) is 3.26. The molecule has 4 heteroatoms. The van der Waals surface area contributed by atoms with E-state index in [2.05, 4.69) is 0 Å². The second kappa shape index (κ2) is 5.19. The molecule has 4 nitrogen and oxygen atoms in total. The molecule has 0 bridgehead atoms. The van der Waals surface area contributed by atoms with Gasteiger partial charge in [0.2, 0.25) is 0 Å². The molecular formula is C9H17NO3. The molecule has 0 aromatic rings. The first kappa shape index (κ1) is 10.5. The molecule has 0 radical (unpaired) electrons. The van der Waals surface area contributed by atoms with Crippen LogP contribution < -0.4 is 5.73 Å². The van der Waals surface area contributed by atoms with E-state index >= 15 is 0 Å². The minimum atomic E-state index is -0.514. The van der Waals surface area contributed by atoms with E-state index in [4.69, 9.17) is 15.2 Å². The van der Waals surface area contributed by atoms with Crippen LogP contribution in [0.15, 0.2) is 0 Å². The molecule has 0 amide bonds. The highest BCUT2D eigenvalue weighted by atomic mass is 16.5. The highest BCUT2D eigenvalue weighted by Gasteiger charge is 2.27. The summed E-state index contributed by atoms with van der Waals surface area (Å²) in [4.78, 5) is 11.2. The van der Waals surface area contributed by atoms with Crippen LogP contribution in [0.4, 0.5) is 0 Å². The van der Waals surface area contributed by atoms with Gasteiger partial charge in [0.1, 0.15) is 6.04 Å². The standard InChI is InChI=1S/C9H17NO3/c1-2-13-9(11)8(10)7-4-3-5-12-6-7/h7-8H,2-6,10H2,1H3. The minimum Gasteiger partial charge on any atom is -0.465 e. The Morgan fingerprint density at radius 3 is 3.08 bits per heavy atom. The maximum Gasteiger partial charge on any atom is 0.323 e. The second-order valence-corrected chi connectivity index (χ2v) is 3.26. The van der Waals surface area contributed by atoms with Gasteiger partial charge in [-0.2, -0.15) is 0 Å². The summed E-state index contributed by atoms with van der Waals surface area (Å²) in [5.41, 5.74) is 5.72. The zero-order chi connectivity index (χ0) is 9.68. The topological polar surface area (TPSA) is 61.5 Å². The molecule has 0 aromatic carbocycles. The van der Waals surface area contributed by atoms with E-state index in [1.165, 1.54) is 0 Å². The van der Waals surface area contributed by atoms with Crippen molar-refractivity contribution in [1.29, 1.82) is 0 Å². The first-order chi connectivity index (χ1) is 6.25. The molecule has 0 aliphatic carbocycles. The average molecular weight is 187 g/mol. The molecule has 1 heterocycles. The Balaban J connectivity index is 2.35. The number of carbonyl (C=O) groups is 1. The zero-order valence-corrected chi connectivity index (χ0v) is 7.99. The maximum absolute atomic E-state index is 11.2. The van der Waals surface area contributed by atoms with E-state index in [9.17, 15) is 4.79 Å². The predicted octanol–water partition coefficient (Wildman–Crippen LogP) is 0.303. The summed E-state index contributed by atoms with van der Waals surface area (Å²) in [6.07, 6.45) is 1.94. The fourth-order valence-electron chi connectivity index (χ4n) is 1.48. The lowest BCUT2D eigenvalue weighted by atomic mass is 9.94. The third-order valence-corrected chi connectivity index (χ3v) is 2.26. The van der Waals surface area contributed by atoms with E-state index in [1.807, 2.05) is 0 Å². The fourth-order valence-corrected chi connectivity index (χ4v) is 1.48. The van der Waals surface area contributed by atoms with Gasteiger partial charge < -0.3 is 15.2 Å². The number of esters is 1. The van der Waals surface area contributed by atoms with Crippen LogP contribution in [0.1, 0.15) is 19.8 Å². The van der Waals surface area contributed by atoms with Crippen molar-refractivity contribution in [3.63, 3.8) is 0 Å². The molecule has 2 unspecified atom stereocenters. The van der Waals surface area contributed by atoms with Crippen LogP contribution in [0.5, 0.6) is 0 Å². The number of hydrogen-bond donors (Lipinski definition) is 1. The van der Waals surface area contributed by atoms with Crippen molar-refractivity contribution in [2.75, 3.05) is 19.8 Å². The van der Waals surface area contributed by atoms with Gasteiger partial charge in [0, 0.05) is 12.5 Å². The molecule has 0 saturated carbocycles. The van der Waals surface area contributed by atoms with Crippen molar-refractivity contribution < 1.29 is 14.3 Å². The average Bonchev–Trinajstić information content (AvgIpc) is 2.18. The van der Waals surface area contributed by atoms with E-state index in [0.717, 1.165) is 19.4 Å². The Morgan fingerprint density at radius 2 is 2.54 bits per heavy atom. The van der Waals surface area contributed by atoms with Crippen LogP contribution in [-0.2, 0) is 14.3 Å². The Hall–Kier alpha value is -0.610. The largest absolute Gasteiger partial charge is 0.465 e. The summed E-state index contributed by atoms with van der Waals surface area (Å²) < 4.78 is 10.1. The Morgan fingerprint density at radius 1 is 1.77 bits per heavy atom. The van der Waals surface area contributed by atoms with Crippen molar-refractivity contribution >= 4 is 5.97 Å². The smallest absolute Gasteiger partial charge is 0.323 e. The maximum atomic E-state index is 11.2. The SMILES string of the molecule is CCOC(=O)C(N)C1CCCOC1. The molecule has 1 fully saturated rings. The van der Waals surface area contributed by atoms with E-state index in [0.29, 0.717) is 13.2 Å². The number of ether oxygens (including phenoxy) is 2. The number of rotatable bonds is 3. The van der Waals surface area contributed by atoms with Gasteiger partial charge in [-0.05, 0) is 19.8 Å². The molecule has 0 aromatic heterocycles. The van der Waals surface area contributed by atoms with Gasteiger partial charge >= 0.3 is 5.97 Å². The molecule has 1 saturated heterocycles. The first-order valence-electron chi connectivity index (χ1n) is 4.75. The Kier molecular flexibility index (Phi) is 4.18. The lowest BCUT2D eigenvalue weighted by Gasteiger charge is -2.25. The molecule has 1 aliphatic heterocycles. The van der Waals surface area contributed by atoms with Gasteiger partial charge in [0.25, 0.3) is 0 Å². The normalized spacial score (nSPS) is 25.2. The van der Waals surface area contributed by atoms with Gasteiger partial charge in [0.15, 0.2) is 0 Å². The Labute approximate surface area is 78.4 Å². The lowest BCUT2D eigenvalue weighted by Crippen LogP contribution is -2.43. The van der Waals surface area contributed by atoms with Gasteiger partial charge in [-0.15, -0.1) is 0 Å². The molecule has 2 atom stereocenters. The third-order valence-electron chi connectivity index (χ3n) is 2.26. The monoisotopic (exact) mass is 187 g/mol. The molecule has 1 aliphatic rings. The van der Waals surface area contributed by atoms with Crippen molar-refractivity contribution in [3.8, 4) is 0 Å². The van der Waals surface area contributed by atoms with Crippen LogP contribution in [0.25, 0.3) is 0 Å². The van der Waals surface area contributed by atoms with Gasteiger partial charge in [0.05, 0.1) is 13.2 Å². The van der Waals surface area contributed by atoms with Crippen LogP contribution in [0.3, 0.4) is 0 Å². The molecular weight excluding hydrogens is 170 g/mol. The van der Waals surface area contributed by atoms with Crippen LogP contribution in [0, 0.1) is 5.92 Å². The number of hydrogen-bond acceptors (Lipinski definition) is 4. The summed E-state index contributed by atoms with van der Waals surface area (Å²) in [5.74, 6) is -0.175. The summed E-state index contributed by atoms with van der Waals surface area (Å²) in [6.45, 7) is 3.54. The number of carbonyl (C=O) groups excluding carboxylic acids is 1. The van der Waals surface area contributed by atoms with Crippen molar-refractivity contribution in [2.45, 2.75) is 25.8 Å². The van der Waals surface area contributed by atoms with Crippen LogP contribution in [-0.4, -0.2) is 31.8 Å². The molecule has 76 valence electrons. The summed E-state index contributed by atoms with van der Waals surface area (Å²) in [7, 11) is 0. The van der Waals surface area contributed by atoms with E-state index in [1.54, 1.807) is 6.92 Å². The molecule has 1 rings (SSSR count). The zero-order valence-electron chi connectivity index (χ0n) is 7.99. The quantitative estimate of drug-likeness (QED) is 0.646. The van der Waals surface area contributed by atoms with E-state index < -0.39 is 6.04 Å². The molecule has 0 spiro atoms. The highest BCUT2D eigenvalue weighted by molar-refractivity contribution is 5.75. The first-order valence-corrected chi connectivity index (χ1v) is 4.75. The van der Waals surface area contributed by atoms with Crippen molar-refractivity contribution in [2.24, 2.45) is 11.7 Å². The molecule has 2 N–H and O–H groups in total.